The van der Waals surface area contributed by atoms with Gasteiger partial charge in [-0.05, 0) is 39.2 Å². The Balaban J connectivity index is 2.07. The van der Waals surface area contributed by atoms with Crippen molar-refractivity contribution in [3.05, 3.63) is 0 Å². The molecule has 1 aliphatic carbocycles. The molecule has 2 aliphatic rings. The van der Waals surface area contributed by atoms with E-state index in [0.717, 1.165) is 18.5 Å². The van der Waals surface area contributed by atoms with E-state index in [1.54, 1.807) is 0 Å². The Labute approximate surface area is 81.7 Å². The molecule has 2 heteroatoms. The zero-order valence-corrected chi connectivity index (χ0v) is 9.14. The van der Waals surface area contributed by atoms with Crippen molar-refractivity contribution in [3.8, 4) is 0 Å². The van der Waals surface area contributed by atoms with E-state index in [4.69, 9.17) is 0 Å². The van der Waals surface area contributed by atoms with Crippen molar-refractivity contribution in [1.29, 1.82) is 0 Å². The zero-order valence-electron chi connectivity index (χ0n) is 9.14. The van der Waals surface area contributed by atoms with Crippen LogP contribution in [0.1, 0.15) is 33.6 Å². The topological polar surface area (TPSA) is 15.3 Å². The summed E-state index contributed by atoms with van der Waals surface area (Å²) in [6, 6.07) is 0.900. The summed E-state index contributed by atoms with van der Waals surface area (Å²) in [6.45, 7) is 10.7. The molecule has 1 aliphatic heterocycles. The number of hydrogen-bond donors (Lipinski definition) is 1. The standard InChI is InChI=1S/C11H22N2/c1-9-6-12-8-11(2,3)13(7-9)10-4-5-10/h9-10,12H,4-8H2,1-3H3. The molecule has 1 atom stereocenters. The van der Waals surface area contributed by atoms with Crippen LogP contribution in [-0.4, -0.2) is 36.1 Å². The van der Waals surface area contributed by atoms with Crippen LogP contribution < -0.4 is 5.32 Å². The van der Waals surface area contributed by atoms with Crippen LogP contribution >= 0.6 is 0 Å². The lowest BCUT2D eigenvalue weighted by Crippen LogP contribution is -2.49. The quantitative estimate of drug-likeness (QED) is 0.660. The third kappa shape index (κ3) is 2.05. The molecule has 76 valence electrons. The van der Waals surface area contributed by atoms with E-state index >= 15 is 0 Å². The summed E-state index contributed by atoms with van der Waals surface area (Å²) in [6.07, 6.45) is 2.85. The minimum absolute atomic E-state index is 0.367. The van der Waals surface area contributed by atoms with Crippen molar-refractivity contribution >= 4 is 0 Å². The number of rotatable bonds is 1. The summed E-state index contributed by atoms with van der Waals surface area (Å²) < 4.78 is 0. The van der Waals surface area contributed by atoms with Crippen LogP contribution in [0.15, 0.2) is 0 Å². The second kappa shape index (κ2) is 3.25. The van der Waals surface area contributed by atoms with Gasteiger partial charge < -0.3 is 5.32 Å². The molecule has 0 radical (unpaired) electrons. The lowest BCUT2D eigenvalue weighted by molar-refractivity contribution is 0.113. The Bertz CT molecular complexity index is 185. The maximum atomic E-state index is 3.56. The van der Waals surface area contributed by atoms with Gasteiger partial charge in [-0.2, -0.15) is 0 Å². The Morgan fingerprint density at radius 3 is 2.62 bits per heavy atom. The SMILES string of the molecule is CC1CNCC(C)(C)N(C2CC2)C1. The predicted molar refractivity (Wildman–Crippen MR) is 55.8 cm³/mol. The van der Waals surface area contributed by atoms with Gasteiger partial charge in [0.1, 0.15) is 0 Å². The maximum Gasteiger partial charge on any atom is 0.0280 e. The van der Waals surface area contributed by atoms with Crippen molar-refractivity contribution in [3.63, 3.8) is 0 Å². The molecule has 1 N–H and O–H groups in total. The van der Waals surface area contributed by atoms with Crippen molar-refractivity contribution in [1.82, 2.24) is 10.2 Å². The van der Waals surface area contributed by atoms with Crippen molar-refractivity contribution in [2.45, 2.75) is 45.2 Å². The van der Waals surface area contributed by atoms with Gasteiger partial charge in [0.15, 0.2) is 0 Å². The third-order valence-electron chi connectivity index (χ3n) is 3.32. The highest BCUT2D eigenvalue weighted by Gasteiger charge is 2.39. The van der Waals surface area contributed by atoms with Gasteiger partial charge in [-0.3, -0.25) is 4.90 Å². The normalized spacial score (nSPS) is 35.8. The van der Waals surface area contributed by atoms with E-state index < -0.39 is 0 Å². The summed E-state index contributed by atoms with van der Waals surface area (Å²) in [5.41, 5.74) is 0.367. The second-order valence-corrected chi connectivity index (χ2v) is 5.43. The predicted octanol–water partition coefficient (Wildman–Crippen LogP) is 1.47. The summed E-state index contributed by atoms with van der Waals surface area (Å²) >= 11 is 0. The molecule has 13 heavy (non-hydrogen) atoms. The molecular formula is C11H22N2. The molecule has 1 heterocycles. The first-order valence-corrected chi connectivity index (χ1v) is 5.57. The monoisotopic (exact) mass is 182 g/mol. The second-order valence-electron chi connectivity index (χ2n) is 5.43. The molecule has 1 saturated heterocycles. The van der Waals surface area contributed by atoms with Gasteiger partial charge in [-0.15, -0.1) is 0 Å². The van der Waals surface area contributed by atoms with Gasteiger partial charge in [0.2, 0.25) is 0 Å². The average molecular weight is 182 g/mol. The summed E-state index contributed by atoms with van der Waals surface area (Å²) in [5, 5.41) is 3.56. The van der Waals surface area contributed by atoms with Gasteiger partial charge >= 0.3 is 0 Å². The first kappa shape index (κ1) is 9.47. The fraction of sp³-hybridized carbons (Fsp3) is 1.00. The lowest BCUT2D eigenvalue weighted by atomic mass is 10.0. The van der Waals surface area contributed by atoms with E-state index in [1.807, 2.05) is 0 Å². The molecule has 1 saturated carbocycles. The first-order valence-electron chi connectivity index (χ1n) is 5.57. The van der Waals surface area contributed by atoms with E-state index in [1.165, 1.54) is 25.9 Å². The smallest absolute Gasteiger partial charge is 0.0280 e. The van der Waals surface area contributed by atoms with Crippen molar-refractivity contribution in [2.75, 3.05) is 19.6 Å². The molecule has 2 fully saturated rings. The van der Waals surface area contributed by atoms with Crippen LogP contribution in [0.2, 0.25) is 0 Å². The van der Waals surface area contributed by atoms with E-state index in [-0.39, 0.29) is 0 Å². The van der Waals surface area contributed by atoms with Gasteiger partial charge in [-0.25, -0.2) is 0 Å². The van der Waals surface area contributed by atoms with Crippen LogP contribution in [0.25, 0.3) is 0 Å². The zero-order chi connectivity index (χ0) is 9.47. The van der Waals surface area contributed by atoms with Crippen LogP contribution in [-0.2, 0) is 0 Å². The molecule has 0 aromatic rings. The highest BCUT2D eigenvalue weighted by molar-refractivity contribution is 4.97. The largest absolute Gasteiger partial charge is 0.315 e. The number of hydrogen-bond acceptors (Lipinski definition) is 2. The van der Waals surface area contributed by atoms with E-state index in [2.05, 4.69) is 31.0 Å². The minimum Gasteiger partial charge on any atom is -0.315 e. The Hall–Kier alpha value is -0.0800. The molecule has 0 aromatic heterocycles. The minimum atomic E-state index is 0.367. The average Bonchev–Trinajstić information content (AvgIpc) is 2.80. The molecule has 0 bridgehead atoms. The van der Waals surface area contributed by atoms with E-state index in [0.29, 0.717) is 5.54 Å². The molecule has 1 unspecified atom stereocenters. The highest BCUT2D eigenvalue weighted by Crippen LogP contribution is 2.34. The molecule has 0 spiro atoms. The van der Waals surface area contributed by atoms with Crippen LogP contribution in [0.3, 0.4) is 0 Å². The molecular weight excluding hydrogens is 160 g/mol. The fourth-order valence-corrected chi connectivity index (χ4v) is 2.40. The summed E-state index contributed by atoms with van der Waals surface area (Å²) in [7, 11) is 0. The van der Waals surface area contributed by atoms with Gasteiger partial charge in [-0.1, -0.05) is 6.92 Å². The lowest BCUT2D eigenvalue weighted by Gasteiger charge is -2.37. The van der Waals surface area contributed by atoms with Crippen LogP contribution in [0, 0.1) is 5.92 Å². The highest BCUT2D eigenvalue weighted by atomic mass is 15.3. The van der Waals surface area contributed by atoms with Crippen LogP contribution in [0.4, 0.5) is 0 Å². The van der Waals surface area contributed by atoms with Gasteiger partial charge in [0.25, 0.3) is 0 Å². The number of nitrogens with zero attached hydrogens (tertiary/aromatic N) is 1. The summed E-state index contributed by atoms with van der Waals surface area (Å²) in [5.74, 6) is 0.808. The Morgan fingerprint density at radius 2 is 2.00 bits per heavy atom. The molecule has 2 nitrogen and oxygen atoms in total. The number of nitrogens with one attached hydrogen (secondary N) is 1. The summed E-state index contributed by atoms with van der Waals surface area (Å²) in [4.78, 5) is 2.72. The van der Waals surface area contributed by atoms with Crippen LogP contribution in [0.5, 0.6) is 0 Å². The van der Waals surface area contributed by atoms with Gasteiger partial charge in [0, 0.05) is 24.7 Å². The molecule has 2 rings (SSSR count). The van der Waals surface area contributed by atoms with Gasteiger partial charge in [0.05, 0.1) is 0 Å². The first-order chi connectivity index (χ1) is 6.09. The van der Waals surface area contributed by atoms with E-state index in [9.17, 15) is 0 Å². The maximum absolute atomic E-state index is 3.56. The Kier molecular flexibility index (Phi) is 2.37. The third-order valence-corrected chi connectivity index (χ3v) is 3.32. The van der Waals surface area contributed by atoms with Crippen molar-refractivity contribution < 1.29 is 0 Å². The fourth-order valence-electron chi connectivity index (χ4n) is 2.40. The molecule has 0 amide bonds. The Morgan fingerprint density at radius 1 is 1.31 bits per heavy atom. The van der Waals surface area contributed by atoms with Crippen molar-refractivity contribution in [2.24, 2.45) is 5.92 Å². The molecule has 0 aromatic carbocycles.